The van der Waals surface area contributed by atoms with Crippen LogP contribution in [0.3, 0.4) is 0 Å². The van der Waals surface area contributed by atoms with Gasteiger partial charge in [-0.25, -0.2) is 0 Å². The van der Waals surface area contributed by atoms with Gasteiger partial charge in [-0.05, 0) is 26.3 Å². The Hall–Kier alpha value is 1.58. The van der Waals surface area contributed by atoms with Gasteiger partial charge in [-0.15, -0.1) is 0 Å². The summed E-state index contributed by atoms with van der Waals surface area (Å²) in [6.07, 6.45) is 1.91. The van der Waals surface area contributed by atoms with Crippen LogP contribution in [-0.4, -0.2) is 46.3 Å². The second-order valence-corrected chi connectivity index (χ2v) is 20.4. The average Bonchev–Trinajstić information content (AvgIpc) is 2.46. The number of aliphatic hydroxyl groups is 1. The van der Waals surface area contributed by atoms with Crippen molar-refractivity contribution in [2.24, 2.45) is 5.92 Å². The molecule has 16 heavy (non-hydrogen) atoms. The Morgan fingerprint density at radius 3 is 2.50 bits per heavy atom. The van der Waals surface area contributed by atoms with Crippen molar-refractivity contribution in [2.45, 2.75) is 37.5 Å². The molecule has 2 aliphatic rings. The number of carboxylic acid groups (broad SMARTS) is 1. The summed E-state index contributed by atoms with van der Waals surface area (Å²) < 4.78 is 0. The molecule has 2 bridgehead atoms. The third-order valence-electron chi connectivity index (χ3n) is 3.52. The molecule has 0 amide bonds. The van der Waals surface area contributed by atoms with E-state index in [0.29, 0.717) is 25.7 Å². The Labute approximate surface area is 125 Å². The molecule has 0 aliphatic carbocycles. The predicted molar refractivity (Wildman–Crippen MR) is 74.4 cm³/mol. The minimum atomic E-state index is -0.857. The molecule has 0 radical (unpaired) electrons. The maximum absolute atomic E-state index is 10.9. The number of aliphatic carboxylic acids is 1. The maximum atomic E-state index is 10.9. The van der Waals surface area contributed by atoms with Crippen LogP contribution < -0.4 is 13.3 Å². The van der Waals surface area contributed by atoms with Crippen molar-refractivity contribution in [1.29, 1.82) is 0 Å². The number of carboxylic acids is 1. The van der Waals surface area contributed by atoms with Crippen molar-refractivity contribution in [1.82, 2.24) is 4.90 Å². The van der Waals surface area contributed by atoms with Crippen LogP contribution in [0.5, 0.6) is 0 Å². The first-order valence-electron chi connectivity index (χ1n) is 5.02. The van der Waals surface area contributed by atoms with Crippen molar-refractivity contribution in [2.75, 3.05) is 7.05 Å². The third-order valence-corrected chi connectivity index (χ3v) is 3.52. The van der Waals surface area contributed by atoms with Gasteiger partial charge in [0, 0.05) is 12.1 Å². The van der Waals surface area contributed by atoms with Crippen LogP contribution in [0.4, 0.5) is 0 Å². The van der Waals surface area contributed by atoms with Crippen molar-refractivity contribution in [3.63, 3.8) is 0 Å². The number of piperidine rings is 1. The van der Waals surface area contributed by atoms with E-state index in [1.54, 1.807) is 0 Å². The third kappa shape index (κ3) is 3.54. The summed E-state index contributed by atoms with van der Waals surface area (Å²) in [5.41, 5.74) is 0. The van der Waals surface area contributed by atoms with E-state index in [2.05, 4.69) is 42.1 Å². The Kier molecular flexibility index (Phi) is 7.07. The molecule has 96 valence electrons. The van der Waals surface area contributed by atoms with E-state index in [9.17, 15) is 9.90 Å². The molecule has 2 N–H and O–H groups in total. The van der Waals surface area contributed by atoms with Crippen molar-refractivity contribution < 1.29 is 28.3 Å². The number of hydrogen-bond donors (Lipinski definition) is 2. The second-order valence-electron chi connectivity index (χ2n) is 4.19. The van der Waals surface area contributed by atoms with E-state index in [-0.39, 0.29) is 6.04 Å². The van der Waals surface area contributed by atoms with Gasteiger partial charge in [-0.2, -0.15) is 0 Å². The van der Waals surface area contributed by atoms with Crippen LogP contribution in [0.15, 0.2) is 0 Å². The van der Waals surface area contributed by atoms with Gasteiger partial charge in [0.25, 0.3) is 0 Å². The number of fused-ring (bicyclic) bond motifs is 2. The second kappa shape index (κ2) is 7.24. The minimum absolute atomic E-state index is 0.0475. The van der Waals surface area contributed by atoms with E-state index in [0.717, 1.165) is 12.8 Å². The number of carbonyl (C=O) groups is 1. The summed E-state index contributed by atoms with van der Waals surface area (Å²) in [4.78, 5) is 13.0. The van der Waals surface area contributed by atoms with Crippen molar-refractivity contribution in [3.8, 4) is 0 Å². The number of hydrogen-bond acceptors (Lipinski definition) is 3. The summed E-state index contributed by atoms with van der Waals surface area (Å²) >= 11 is 5.30. The standard InChI is InChI=1S/C9H15NO3.I3/c1-10-5-2-3-6(10)8(9(12)13)7(11)4-5;1-3-2/h5-8,11H,2-4H2,1H3,(H,12,13);/q;-1. The van der Waals surface area contributed by atoms with E-state index in [4.69, 9.17) is 5.11 Å². The SMILES string of the molecule is CN1C2CCC1C(C(=O)O)C(O)C2.I[I-]I. The van der Waals surface area contributed by atoms with Gasteiger partial charge in [-0.3, -0.25) is 9.69 Å². The molecule has 2 aliphatic heterocycles. The fourth-order valence-electron chi connectivity index (χ4n) is 2.77. The number of nitrogens with zero attached hydrogens (tertiary/aromatic N) is 1. The zero-order valence-corrected chi connectivity index (χ0v) is 15.3. The summed E-state index contributed by atoms with van der Waals surface area (Å²) in [5, 5.41) is 18.6. The number of rotatable bonds is 1. The van der Waals surface area contributed by atoms with E-state index >= 15 is 0 Å². The quantitative estimate of drug-likeness (QED) is 0.388. The van der Waals surface area contributed by atoms with E-state index < -0.39 is 18.0 Å². The number of aliphatic hydroxyl groups excluding tert-OH is 1. The Bertz CT molecular complexity index is 254. The molecule has 0 aromatic rings. The summed E-state index contributed by atoms with van der Waals surface area (Å²) in [5.74, 6) is -1.44. The molecule has 4 nitrogen and oxygen atoms in total. The molecule has 4 atom stereocenters. The van der Waals surface area contributed by atoms with E-state index in [1.807, 2.05) is 7.05 Å². The molecular weight excluding hydrogens is 551 g/mol. The fraction of sp³-hybridized carbons (Fsp3) is 0.889. The van der Waals surface area contributed by atoms with Crippen molar-refractivity contribution in [3.05, 3.63) is 0 Å². The monoisotopic (exact) mass is 566 g/mol. The average molecular weight is 566 g/mol. The van der Waals surface area contributed by atoms with Crippen LogP contribution in [0, 0.1) is 5.92 Å². The Balaban J connectivity index is 0.000000386. The van der Waals surface area contributed by atoms with Gasteiger partial charge < -0.3 is 10.2 Å². The fourth-order valence-corrected chi connectivity index (χ4v) is 2.77. The summed E-state index contributed by atoms with van der Waals surface area (Å²) in [6, 6.07) is 0.446. The normalized spacial score (nSPS) is 38.0. The molecule has 0 aromatic heterocycles. The topological polar surface area (TPSA) is 60.8 Å². The molecule has 2 saturated heterocycles. The Morgan fingerprint density at radius 2 is 2.00 bits per heavy atom. The van der Waals surface area contributed by atoms with Crippen LogP contribution >= 0.6 is 37.2 Å². The summed E-state index contributed by atoms with van der Waals surface area (Å²) in [7, 11) is 1.96. The van der Waals surface area contributed by atoms with Crippen LogP contribution in [0.2, 0.25) is 0 Å². The summed E-state index contributed by atoms with van der Waals surface area (Å²) in [6.45, 7) is 0. The van der Waals surface area contributed by atoms with Gasteiger partial charge >= 0.3 is 56.5 Å². The first kappa shape index (κ1) is 15.6. The molecule has 0 spiro atoms. The van der Waals surface area contributed by atoms with Crippen molar-refractivity contribution >= 4 is 43.2 Å². The molecule has 2 rings (SSSR count). The Morgan fingerprint density at radius 1 is 1.44 bits per heavy atom. The van der Waals surface area contributed by atoms with E-state index in [1.165, 1.54) is 0 Å². The van der Waals surface area contributed by atoms with Gasteiger partial charge in [0.15, 0.2) is 0 Å². The molecule has 4 unspecified atom stereocenters. The molecule has 0 saturated carbocycles. The number of halogens is 3. The first-order chi connectivity index (χ1) is 7.52. The first-order valence-corrected chi connectivity index (χ1v) is 17.6. The van der Waals surface area contributed by atoms with Gasteiger partial charge in [0.2, 0.25) is 0 Å². The molecule has 7 heteroatoms. The van der Waals surface area contributed by atoms with Gasteiger partial charge in [0.1, 0.15) is 0 Å². The molecular formula is C9H15I3NO3-. The van der Waals surface area contributed by atoms with Crippen LogP contribution in [0.25, 0.3) is 0 Å². The van der Waals surface area contributed by atoms with Gasteiger partial charge in [-0.1, -0.05) is 0 Å². The predicted octanol–water partition coefficient (Wildman–Crippen LogP) is -1.31. The van der Waals surface area contributed by atoms with Gasteiger partial charge in [0.05, 0.1) is 12.0 Å². The van der Waals surface area contributed by atoms with Crippen LogP contribution in [0.1, 0.15) is 19.3 Å². The molecule has 2 heterocycles. The molecule has 0 aromatic carbocycles. The zero-order chi connectivity index (χ0) is 12.3. The van der Waals surface area contributed by atoms with Crippen LogP contribution in [-0.2, 0) is 4.79 Å². The molecule has 2 fully saturated rings. The zero-order valence-electron chi connectivity index (χ0n) is 8.81.